The lowest BCUT2D eigenvalue weighted by atomic mass is 9.99. The molecular formula is C16H19NO5. The number of hydrogen-bond acceptors (Lipinski definition) is 4. The number of carboxylic acid groups (broad SMARTS) is 1. The summed E-state index contributed by atoms with van der Waals surface area (Å²) in [6.07, 6.45) is -0.244. The summed E-state index contributed by atoms with van der Waals surface area (Å²) >= 11 is 0. The summed E-state index contributed by atoms with van der Waals surface area (Å²) in [7, 11) is 1.46. The number of methoxy groups -OCH3 is 1. The number of carboxylic acids is 1. The first-order valence-electron chi connectivity index (χ1n) is 6.87. The van der Waals surface area contributed by atoms with Crippen LogP contribution >= 0.6 is 0 Å². The van der Waals surface area contributed by atoms with E-state index in [9.17, 15) is 9.59 Å². The third kappa shape index (κ3) is 3.46. The molecule has 0 aliphatic rings. The molecule has 6 nitrogen and oxygen atoms in total. The van der Waals surface area contributed by atoms with Crippen LogP contribution in [-0.2, 0) is 9.53 Å². The van der Waals surface area contributed by atoms with E-state index in [2.05, 4.69) is 5.32 Å². The first kappa shape index (κ1) is 16.0. The topological polar surface area (TPSA) is 88.8 Å². The van der Waals surface area contributed by atoms with Crippen LogP contribution in [0.2, 0.25) is 0 Å². The Morgan fingerprint density at radius 3 is 2.73 bits per heavy atom. The standard InChI is InChI=1S/C16H19NO5/c1-10-5-4-6-11-7-12(22-14(10)11)15(20)17-16(2,9-21-3)8-13(18)19/h4-7H,8-9H2,1-3H3,(H,17,20)(H,18,19)/t16-/m1/s1. The number of aliphatic carboxylic acids is 1. The first-order valence-corrected chi connectivity index (χ1v) is 6.87. The largest absolute Gasteiger partial charge is 0.481 e. The van der Waals surface area contributed by atoms with Gasteiger partial charge in [0.15, 0.2) is 5.76 Å². The smallest absolute Gasteiger partial charge is 0.305 e. The van der Waals surface area contributed by atoms with Gasteiger partial charge in [0.2, 0.25) is 0 Å². The fraction of sp³-hybridized carbons (Fsp3) is 0.375. The Labute approximate surface area is 128 Å². The summed E-state index contributed by atoms with van der Waals surface area (Å²) in [6.45, 7) is 3.60. The van der Waals surface area contributed by atoms with Crippen LogP contribution in [0.1, 0.15) is 29.5 Å². The molecule has 2 aromatic rings. The van der Waals surface area contributed by atoms with Gasteiger partial charge in [-0.05, 0) is 25.5 Å². The molecule has 1 aromatic carbocycles. The number of amides is 1. The van der Waals surface area contributed by atoms with Crippen LogP contribution in [0.15, 0.2) is 28.7 Å². The molecule has 0 spiro atoms. The number of ether oxygens (including phenoxy) is 1. The number of aryl methyl sites for hydroxylation is 1. The molecule has 0 saturated heterocycles. The quantitative estimate of drug-likeness (QED) is 0.855. The van der Waals surface area contributed by atoms with E-state index in [1.165, 1.54) is 7.11 Å². The van der Waals surface area contributed by atoms with Gasteiger partial charge in [-0.2, -0.15) is 0 Å². The third-order valence-electron chi connectivity index (χ3n) is 3.38. The summed E-state index contributed by atoms with van der Waals surface area (Å²) in [5.41, 5.74) is 0.576. The second kappa shape index (κ2) is 6.19. The van der Waals surface area contributed by atoms with E-state index >= 15 is 0 Å². The van der Waals surface area contributed by atoms with Crippen LogP contribution in [0, 0.1) is 6.92 Å². The number of benzene rings is 1. The number of carbonyl (C=O) groups is 2. The normalized spacial score (nSPS) is 13.8. The molecule has 0 radical (unpaired) electrons. The van der Waals surface area contributed by atoms with Gasteiger partial charge in [-0.1, -0.05) is 18.2 Å². The number of para-hydroxylation sites is 1. The number of hydrogen-bond donors (Lipinski definition) is 2. The second-order valence-electron chi connectivity index (χ2n) is 5.62. The maximum atomic E-state index is 12.3. The average Bonchev–Trinajstić information content (AvgIpc) is 2.83. The van der Waals surface area contributed by atoms with Crippen molar-refractivity contribution in [1.82, 2.24) is 5.32 Å². The van der Waals surface area contributed by atoms with E-state index in [-0.39, 0.29) is 18.8 Å². The lowest BCUT2D eigenvalue weighted by Gasteiger charge is -2.27. The number of carbonyl (C=O) groups excluding carboxylic acids is 1. The Kier molecular flexibility index (Phi) is 4.51. The van der Waals surface area contributed by atoms with Crippen molar-refractivity contribution in [3.63, 3.8) is 0 Å². The summed E-state index contributed by atoms with van der Waals surface area (Å²) in [6, 6.07) is 7.28. The van der Waals surface area contributed by atoms with E-state index in [1.54, 1.807) is 13.0 Å². The van der Waals surface area contributed by atoms with Crippen molar-refractivity contribution in [2.24, 2.45) is 0 Å². The van der Waals surface area contributed by atoms with Crippen LogP contribution < -0.4 is 5.32 Å². The average molecular weight is 305 g/mol. The number of furan rings is 1. The van der Waals surface area contributed by atoms with E-state index in [1.807, 2.05) is 25.1 Å². The molecule has 1 amide bonds. The van der Waals surface area contributed by atoms with Crippen molar-refractivity contribution in [2.75, 3.05) is 13.7 Å². The van der Waals surface area contributed by atoms with Crippen molar-refractivity contribution in [3.8, 4) is 0 Å². The number of rotatable bonds is 6. The summed E-state index contributed by atoms with van der Waals surface area (Å²) < 4.78 is 10.6. The maximum absolute atomic E-state index is 12.3. The molecule has 1 heterocycles. The highest BCUT2D eigenvalue weighted by molar-refractivity contribution is 5.97. The Balaban J connectivity index is 2.25. The van der Waals surface area contributed by atoms with Gasteiger partial charge in [-0.25, -0.2) is 0 Å². The van der Waals surface area contributed by atoms with E-state index in [4.69, 9.17) is 14.3 Å². The molecule has 0 saturated carbocycles. The van der Waals surface area contributed by atoms with Gasteiger partial charge in [0.1, 0.15) is 5.58 Å². The lowest BCUT2D eigenvalue weighted by molar-refractivity contribution is -0.139. The summed E-state index contributed by atoms with van der Waals surface area (Å²) in [4.78, 5) is 23.3. The molecule has 1 aromatic heterocycles. The predicted molar refractivity (Wildman–Crippen MR) is 81.0 cm³/mol. The molecule has 118 valence electrons. The zero-order valence-electron chi connectivity index (χ0n) is 12.8. The molecule has 0 bridgehead atoms. The van der Waals surface area contributed by atoms with Crippen molar-refractivity contribution in [3.05, 3.63) is 35.6 Å². The molecule has 2 rings (SSSR count). The maximum Gasteiger partial charge on any atom is 0.305 e. The van der Waals surface area contributed by atoms with Crippen LogP contribution in [0.5, 0.6) is 0 Å². The minimum atomic E-state index is -1.01. The van der Waals surface area contributed by atoms with Gasteiger partial charge < -0.3 is 19.6 Å². The van der Waals surface area contributed by atoms with Crippen LogP contribution in [0.4, 0.5) is 0 Å². The van der Waals surface area contributed by atoms with E-state index in [0.29, 0.717) is 5.58 Å². The SMILES string of the molecule is COC[C@@](C)(CC(=O)O)NC(=O)c1cc2cccc(C)c2o1. The highest BCUT2D eigenvalue weighted by atomic mass is 16.5. The van der Waals surface area contributed by atoms with Gasteiger partial charge in [0.05, 0.1) is 18.6 Å². The Morgan fingerprint density at radius 1 is 1.41 bits per heavy atom. The van der Waals surface area contributed by atoms with Gasteiger partial charge >= 0.3 is 5.97 Å². The summed E-state index contributed by atoms with van der Waals surface area (Å²) in [5.74, 6) is -1.33. The van der Waals surface area contributed by atoms with Gasteiger partial charge in [-0.15, -0.1) is 0 Å². The minimum Gasteiger partial charge on any atom is -0.481 e. The van der Waals surface area contributed by atoms with Gasteiger partial charge in [-0.3, -0.25) is 9.59 Å². The van der Waals surface area contributed by atoms with Crippen LogP contribution in [-0.4, -0.2) is 36.2 Å². The molecular weight excluding hydrogens is 286 g/mol. The Morgan fingerprint density at radius 2 is 2.14 bits per heavy atom. The minimum absolute atomic E-state index is 0.0876. The van der Waals surface area contributed by atoms with Gasteiger partial charge in [0, 0.05) is 12.5 Å². The highest BCUT2D eigenvalue weighted by Crippen LogP contribution is 2.23. The predicted octanol–water partition coefficient (Wildman–Crippen LogP) is 2.35. The van der Waals surface area contributed by atoms with Crippen LogP contribution in [0.3, 0.4) is 0 Å². The second-order valence-corrected chi connectivity index (χ2v) is 5.62. The zero-order valence-corrected chi connectivity index (χ0v) is 12.8. The van der Waals surface area contributed by atoms with Crippen molar-refractivity contribution >= 4 is 22.8 Å². The zero-order chi connectivity index (χ0) is 16.3. The molecule has 0 aliphatic carbocycles. The Hall–Kier alpha value is -2.34. The number of fused-ring (bicyclic) bond motifs is 1. The molecule has 22 heavy (non-hydrogen) atoms. The fourth-order valence-electron chi connectivity index (χ4n) is 2.44. The number of nitrogens with one attached hydrogen (secondary N) is 1. The molecule has 0 fully saturated rings. The molecule has 1 atom stereocenters. The van der Waals surface area contributed by atoms with E-state index < -0.39 is 17.4 Å². The third-order valence-corrected chi connectivity index (χ3v) is 3.38. The van der Waals surface area contributed by atoms with Crippen molar-refractivity contribution in [2.45, 2.75) is 25.8 Å². The molecule has 6 heteroatoms. The lowest BCUT2D eigenvalue weighted by Crippen LogP contribution is -2.50. The monoisotopic (exact) mass is 305 g/mol. The fourth-order valence-corrected chi connectivity index (χ4v) is 2.44. The van der Waals surface area contributed by atoms with E-state index in [0.717, 1.165) is 10.9 Å². The van der Waals surface area contributed by atoms with Crippen LogP contribution in [0.25, 0.3) is 11.0 Å². The Bertz CT molecular complexity index is 706. The van der Waals surface area contributed by atoms with Crippen molar-refractivity contribution < 1.29 is 23.8 Å². The highest BCUT2D eigenvalue weighted by Gasteiger charge is 2.31. The van der Waals surface area contributed by atoms with Crippen molar-refractivity contribution in [1.29, 1.82) is 0 Å². The molecule has 0 unspecified atom stereocenters. The summed E-state index contributed by atoms with van der Waals surface area (Å²) in [5, 5.41) is 12.5. The van der Waals surface area contributed by atoms with Gasteiger partial charge in [0.25, 0.3) is 5.91 Å². The molecule has 2 N–H and O–H groups in total. The molecule has 0 aliphatic heterocycles. The first-order chi connectivity index (χ1) is 10.3.